The van der Waals surface area contributed by atoms with E-state index in [1.54, 1.807) is 11.8 Å². The maximum absolute atomic E-state index is 12.5. The monoisotopic (exact) mass is 261 g/mol. The molecule has 3 rings (SSSR count). The van der Waals surface area contributed by atoms with Crippen LogP contribution >= 0.6 is 11.8 Å². The number of para-hydroxylation sites is 1. The van der Waals surface area contributed by atoms with Crippen LogP contribution in [-0.4, -0.2) is 33.4 Å². The van der Waals surface area contributed by atoms with E-state index in [9.17, 15) is 4.79 Å². The Hall–Kier alpha value is -1.49. The van der Waals surface area contributed by atoms with Gasteiger partial charge in [-0.25, -0.2) is 9.69 Å². The predicted octanol–water partition coefficient (Wildman–Crippen LogP) is 2.76. The average Bonchev–Trinajstić information content (AvgIpc) is 2.78. The number of anilines is 1. The molecule has 2 fully saturated rings. The van der Waals surface area contributed by atoms with Gasteiger partial charge in [-0.2, -0.15) is 0 Å². The van der Waals surface area contributed by atoms with Gasteiger partial charge >= 0.3 is 6.03 Å². The molecule has 2 aliphatic heterocycles. The summed E-state index contributed by atoms with van der Waals surface area (Å²) >= 11 is 1.73. The minimum atomic E-state index is -0.225. The summed E-state index contributed by atoms with van der Waals surface area (Å²) in [6, 6.07) is 9.26. The molecule has 2 amide bonds. The van der Waals surface area contributed by atoms with Crippen molar-refractivity contribution in [1.29, 1.82) is 5.41 Å². The number of hydrogen-bond donors (Lipinski definition) is 1. The Morgan fingerprint density at radius 3 is 2.61 bits per heavy atom. The minimum Gasteiger partial charge on any atom is -0.299 e. The summed E-state index contributed by atoms with van der Waals surface area (Å²) < 4.78 is 0. The number of thioether (sulfide) groups is 1. The zero-order valence-electron chi connectivity index (χ0n) is 10.4. The highest BCUT2D eigenvalue weighted by Gasteiger charge is 2.53. The first-order valence-electron chi connectivity index (χ1n) is 5.93. The molecule has 5 heteroatoms. The summed E-state index contributed by atoms with van der Waals surface area (Å²) in [5.41, 5.74) is 0.780. The Labute approximate surface area is 110 Å². The molecule has 0 aromatic heterocycles. The molecular formula is C13H15N3OS. The first-order valence-corrected chi connectivity index (χ1v) is 6.92. The second-order valence-electron chi connectivity index (χ2n) is 4.98. The molecule has 2 aliphatic rings. The lowest BCUT2D eigenvalue weighted by molar-refractivity contribution is 0.193. The number of nitrogens with zero attached hydrogens (tertiary/aromatic N) is 2. The number of urea groups is 1. The second-order valence-corrected chi connectivity index (χ2v) is 6.60. The van der Waals surface area contributed by atoms with Crippen LogP contribution in [-0.2, 0) is 0 Å². The number of hydrogen-bond acceptors (Lipinski definition) is 3. The van der Waals surface area contributed by atoms with Gasteiger partial charge in [-0.1, -0.05) is 18.2 Å². The van der Waals surface area contributed by atoms with Crippen molar-refractivity contribution in [1.82, 2.24) is 4.90 Å². The lowest BCUT2D eigenvalue weighted by atomic mass is 10.2. The molecule has 0 bridgehead atoms. The largest absolute Gasteiger partial charge is 0.331 e. The zero-order valence-corrected chi connectivity index (χ0v) is 11.2. The molecule has 1 atom stereocenters. The van der Waals surface area contributed by atoms with Gasteiger partial charge in [-0.05, 0) is 26.0 Å². The molecule has 2 heterocycles. The number of carbonyl (C=O) groups excluding carboxylic acids is 1. The van der Waals surface area contributed by atoms with Gasteiger partial charge in [-0.15, -0.1) is 11.8 Å². The third kappa shape index (κ3) is 1.47. The first-order chi connectivity index (χ1) is 8.52. The maximum Gasteiger partial charge on any atom is 0.331 e. The zero-order chi connectivity index (χ0) is 12.9. The predicted molar refractivity (Wildman–Crippen MR) is 74.2 cm³/mol. The quantitative estimate of drug-likeness (QED) is 0.845. The number of nitrogens with one attached hydrogen (secondary N) is 1. The molecule has 0 aliphatic carbocycles. The van der Waals surface area contributed by atoms with Gasteiger partial charge in [0, 0.05) is 5.75 Å². The van der Waals surface area contributed by atoms with E-state index < -0.39 is 0 Å². The third-order valence-electron chi connectivity index (χ3n) is 3.45. The Bertz CT molecular complexity index is 514. The van der Waals surface area contributed by atoms with E-state index in [2.05, 4.69) is 0 Å². The highest BCUT2D eigenvalue weighted by molar-refractivity contribution is 8.00. The Morgan fingerprint density at radius 2 is 2.00 bits per heavy atom. The molecule has 1 N–H and O–H groups in total. The van der Waals surface area contributed by atoms with Crippen LogP contribution in [0.15, 0.2) is 30.3 Å². The SMILES string of the molecule is CC1(C)SCC2C(=N)N(c3ccccc3)C(=O)N21. The van der Waals surface area contributed by atoms with Crippen LogP contribution in [0.1, 0.15) is 13.8 Å². The van der Waals surface area contributed by atoms with E-state index in [0.29, 0.717) is 5.84 Å². The van der Waals surface area contributed by atoms with E-state index in [1.165, 1.54) is 4.90 Å². The molecule has 2 saturated heterocycles. The van der Waals surface area contributed by atoms with Crippen molar-refractivity contribution in [3.05, 3.63) is 30.3 Å². The fraction of sp³-hybridized carbons (Fsp3) is 0.385. The summed E-state index contributed by atoms with van der Waals surface area (Å²) in [5, 5.41) is 8.23. The molecule has 4 nitrogen and oxygen atoms in total. The van der Waals surface area contributed by atoms with E-state index in [4.69, 9.17) is 5.41 Å². The lowest BCUT2D eigenvalue weighted by Crippen LogP contribution is -2.43. The molecule has 0 radical (unpaired) electrons. The van der Waals surface area contributed by atoms with Gasteiger partial charge in [0.05, 0.1) is 10.6 Å². The number of rotatable bonds is 1. The van der Waals surface area contributed by atoms with Crippen LogP contribution in [0.25, 0.3) is 0 Å². The Kier molecular flexibility index (Phi) is 2.41. The topological polar surface area (TPSA) is 47.4 Å². The number of amidine groups is 1. The van der Waals surface area contributed by atoms with E-state index in [1.807, 2.05) is 49.1 Å². The van der Waals surface area contributed by atoms with Gasteiger partial charge in [0.2, 0.25) is 0 Å². The van der Waals surface area contributed by atoms with Crippen molar-refractivity contribution in [2.75, 3.05) is 10.7 Å². The number of fused-ring (bicyclic) bond motifs is 1. The summed E-state index contributed by atoms with van der Waals surface area (Å²) in [6.45, 7) is 4.08. The second kappa shape index (κ2) is 3.75. The van der Waals surface area contributed by atoms with Crippen LogP contribution in [0.4, 0.5) is 10.5 Å². The summed E-state index contributed by atoms with van der Waals surface area (Å²) in [7, 11) is 0. The van der Waals surface area contributed by atoms with Crippen LogP contribution in [0.5, 0.6) is 0 Å². The third-order valence-corrected chi connectivity index (χ3v) is 4.84. The fourth-order valence-corrected chi connectivity index (χ4v) is 3.77. The van der Waals surface area contributed by atoms with Crippen molar-refractivity contribution in [2.45, 2.75) is 24.8 Å². The number of benzene rings is 1. The number of amides is 2. The number of carbonyl (C=O) groups is 1. The average molecular weight is 261 g/mol. The van der Waals surface area contributed by atoms with Crippen molar-refractivity contribution in [3.8, 4) is 0 Å². The van der Waals surface area contributed by atoms with Crippen molar-refractivity contribution >= 4 is 29.3 Å². The highest BCUT2D eigenvalue weighted by Crippen LogP contribution is 2.44. The molecule has 1 unspecified atom stereocenters. The van der Waals surface area contributed by atoms with Crippen molar-refractivity contribution < 1.29 is 4.79 Å². The minimum absolute atomic E-state index is 0.0776. The van der Waals surface area contributed by atoms with Crippen LogP contribution in [0.2, 0.25) is 0 Å². The standard InChI is InChI=1S/C13H15N3OS/c1-13(2)16-10(8-18-13)11(14)15(12(16)17)9-6-4-3-5-7-9/h3-7,10,14H,8H2,1-2H3. The van der Waals surface area contributed by atoms with Gasteiger partial charge in [0.15, 0.2) is 0 Å². The van der Waals surface area contributed by atoms with Gasteiger partial charge < -0.3 is 0 Å². The Balaban J connectivity index is 2.01. The Morgan fingerprint density at radius 1 is 1.33 bits per heavy atom. The van der Waals surface area contributed by atoms with Gasteiger partial charge in [0.1, 0.15) is 11.9 Å². The van der Waals surface area contributed by atoms with E-state index in [-0.39, 0.29) is 16.9 Å². The molecule has 0 saturated carbocycles. The van der Waals surface area contributed by atoms with E-state index in [0.717, 1.165) is 11.4 Å². The fourth-order valence-electron chi connectivity index (χ4n) is 2.55. The van der Waals surface area contributed by atoms with Gasteiger partial charge in [0.25, 0.3) is 0 Å². The summed E-state index contributed by atoms with van der Waals surface area (Å²) in [4.78, 5) is 15.6. The maximum atomic E-state index is 12.5. The van der Waals surface area contributed by atoms with Gasteiger partial charge in [-0.3, -0.25) is 10.3 Å². The smallest absolute Gasteiger partial charge is 0.299 e. The summed E-state index contributed by atoms with van der Waals surface area (Å²) in [5.74, 6) is 1.20. The highest BCUT2D eigenvalue weighted by atomic mass is 32.2. The molecule has 18 heavy (non-hydrogen) atoms. The molecular weight excluding hydrogens is 246 g/mol. The lowest BCUT2D eigenvalue weighted by Gasteiger charge is -2.29. The van der Waals surface area contributed by atoms with Crippen LogP contribution in [0.3, 0.4) is 0 Å². The van der Waals surface area contributed by atoms with Crippen molar-refractivity contribution in [2.24, 2.45) is 0 Å². The first kappa shape index (κ1) is 11.6. The summed E-state index contributed by atoms with van der Waals surface area (Å²) in [6.07, 6.45) is 0. The van der Waals surface area contributed by atoms with Crippen molar-refractivity contribution in [3.63, 3.8) is 0 Å². The van der Waals surface area contributed by atoms with Crippen LogP contribution in [0, 0.1) is 5.41 Å². The molecule has 94 valence electrons. The molecule has 1 aromatic rings. The van der Waals surface area contributed by atoms with E-state index >= 15 is 0 Å². The normalized spacial score (nSPS) is 25.8. The molecule has 1 aromatic carbocycles. The molecule has 0 spiro atoms. The van der Waals surface area contributed by atoms with Crippen LogP contribution < -0.4 is 4.90 Å².